The summed E-state index contributed by atoms with van der Waals surface area (Å²) in [5, 5.41) is 8.58. The van der Waals surface area contributed by atoms with E-state index in [1.54, 1.807) is 0 Å². The Morgan fingerprint density at radius 2 is 2.22 bits per heavy atom. The van der Waals surface area contributed by atoms with Crippen molar-refractivity contribution in [1.29, 1.82) is 0 Å². The molecule has 0 spiro atoms. The monoisotopic (exact) mass is 149 g/mol. The summed E-state index contributed by atoms with van der Waals surface area (Å²) in [5.41, 5.74) is 5.50. The van der Waals surface area contributed by atoms with Crippen LogP contribution in [0.1, 0.15) is 6.42 Å². The summed E-state index contributed by atoms with van der Waals surface area (Å²) in [4.78, 5) is 0. The van der Waals surface area contributed by atoms with Gasteiger partial charge in [0, 0.05) is 18.6 Å². The third-order valence-corrected chi connectivity index (χ3v) is 1.44. The van der Waals surface area contributed by atoms with Gasteiger partial charge in [-0.15, -0.1) is 12.4 Å². The number of halogens is 1. The van der Waals surface area contributed by atoms with Crippen LogP contribution in [-0.4, -0.2) is 17.8 Å². The number of hydrogen-bond donors (Lipinski definition) is 2. The maximum Gasteiger partial charge on any atom is 0.0494 e. The van der Waals surface area contributed by atoms with Crippen LogP contribution in [0.4, 0.5) is 0 Å². The standard InChI is InChI=1S/C6H11NO.ClH/c7-6-2-1-5(3-6)4-8;/h1-2,5-6,8H,3-4,7H2;1H/t5-,6+;/m0./s1. The molecule has 0 amide bonds. The van der Waals surface area contributed by atoms with Crippen LogP contribution in [0.2, 0.25) is 0 Å². The summed E-state index contributed by atoms with van der Waals surface area (Å²) in [6.07, 6.45) is 4.84. The molecule has 2 atom stereocenters. The Bertz CT molecular complexity index is 105. The average Bonchev–Trinajstić information content (AvgIpc) is 2.14. The van der Waals surface area contributed by atoms with Crippen LogP contribution in [0.25, 0.3) is 0 Å². The summed E-state index contributed by atoms with van der Waals surface area (Å²) in [6, 6.07) is 0.187. The van der Waals surface area contributed by atoms with Gasteiger partial charge >= 0.3 is 0 Å². The lowest BCUT2D eigenvalue weighted by atomic mass is 10.1. The Morgan fingerprint density at radius 3 is 2.44 bits per heavy atom. The molecule has 0 fully saturated rings. The third-order valence-electron chi connectivity index (χ3n) is 1.44. The van der Waals surface area contributed by atoms with Crippen molar-refractivity contribution in [2.24, 2.45) is 11.7 Å². The second-order valence-electron chi connectivity index (χ2n) is 2.23. The van der Waals surface area contributed by atoms with Gasteiger partial charge in [-0.3, -0.25) is 0 Å². The Hall–Kier alpha value is -0.0500. The second-order valence-corrected chi connectivity index (χ2v) is 2.23. The lowest BCUT2D eigenvalue weighted by Gasteiger charge is -2.02. The molecule has 1 aliphatic carbocycles. The molecule has 3 heteroatoms. The zero-order valence-electron chi connectivity index (χ0n) is 5.16. The van der Waals surface area contributed by atoms with Crippen LogP contribution in [0, 0.1) is 5.92 Å². The molecule has 0 saturated heterocycles. The topological polar surface area (TPSA) is 46.2 Å². The molecule has 0 bridgehead atoms. The van der Waals surface area contributed by atoms with Crippen molar-refractivity contribution in [2.45, 2.75) is 12.5 Å². The minimum Gasteiger partial charge on any atom is -0.396 e. The zero-order chi connectivity index (χ0) is 5.98. The predicted molar refractivity (Wildman–Crippen MR) is 39.6 cm³/mol. The highest BCUT2D eigenvalue weighted by Crippen LogP contribution is 2.14. The predicted octanol–water partition coefficient (Wildman–Crippen LogP) is 0.304. The van der Waals surface area contributed by atoms with E-state index in [0.29, 0.717) is 5.92 Å². The first-order valence-electron chi connectivity index (χ1n) is 2.87. The number of rotatable bonds is 1. The molecule has 0 aromatic heterocycles. The fourth-order valence-electron chi connectivity index (χ4n) is 0.942. The average molecular weight is 150 g/mol. The molecule has 0 aromatic rings. The minimum absolute atomic E-state index is 0. The molecule has 3 N–H and O–H groups in total. The highest BCUT2D eigenvalue weighted by atomic mass is 35.5. The van der Waals surface area contributed by atoms with E-state index in [4.69, 9.17) is 10.8 Å². The van der Waals surface area contributed by atoms with Crippen LogP contribution in [-0.2, 0) is 0 Å². The molecular formula is C6H12ClNO. The number of hydrogen-bond acceptors (Lipinski definition) is 2. The molecule has 54 valence electrons. The van der Waals surface area contributed by atoms with E-state index >= 15 is 0 Å². The number of aliphatic hydroxyl groups is 1. The lowest BCUT2D eigenvalue weighted by molar-refractivity contribution is 0.249. The lowest BCUT2D eigenvalue weighted by Crippen LogP contribution is -2.15. The van der Waals surface area contributed by atoms with Gasteiger partial charge < -0.3 is 10.8 Å². The maximum atomic E-state index is 8.58. The molecule has 0 radical (unpaired) electrons. The number of aliphatic hydroxyl groups excluding tert-OH is 1. The highest BCUT2D eigenvalue weighted by Gasteiger charge is 2.13. The van der Waals surface area contributed by atoms with Crippen LogP contribution in [0.15, 0.2) is 12.2 Å². The second kappa shape index (κ2) is 3.88. The maximum absolute atomic E-state index is 8.58. The molecule has 0 aliphatic heterocycles. The molecule has 9 heavy (non-hydrogen) atoms. The summed E-state index contributed by atoms with van der Waals surface area (Å²) in [5.74, 6) is 0.324. The Morgan fingerprint density at radius 1 is 1.56 bits per heavy atom. The first-order valence-corrected chi connectivity index (χ1v) is 2.87. The summed E-state index contributed by atoms with van der Waals surface area (Å²) >= 11 is 0. The van der Waals surface area contributed by atoms with E-state index in [2.05, 4.69) is 0 Å². The van der Waals surface area contributed by atoms with Gasteiger partial charge in [0.25, 0.3) is 0 Å². The third kappa shape index (κ3) is 2.35. The van der Waals surface area contributed by atoms with E-state index in [9.17, 15) is 0 Å². The van der Waals surface area contributed by atoms with Gasteiger partial charge in [-0.2, -0.15) is 0 Å². The molecule has 0 aromatic carbocycles. The van der Waals surface area contributed by atoms with E-state index in [1.807, 2.05) is 12.2 Å². The highest BCUT2D eigenvalue weighted by molar-refractivity contribution is 5.85. The molecule has 1 rings (SSSR count). The fraction of sp³-hybridized carbons (Fsp3) is 0.667. The first-order chi connectivity index (χ1) is 3.83. The molecule has 2 nitrogen and oxygen atoms in total. The summed E-state index contributed by atoms with van der Waals surface area (Å²) < 4.78 is 0. The van der Waals surface area contributed by atoms with E-state index in [0.717, 1.165) is 6.42 Å². The van der Waals surface area contributed by atoms with Gasteiger partial charge in [-0.05, 0) is 6.42 Å². The molecule has 0 heterocycles. The van der Waals surface area contributed by atoms with Gasteiger partial charge in [0.05, 0.1) is 0 Å². The van der Waals surface area contributed by atoms with Crippen molar-refractivity contribution in [3.05, 3.63) is 12.2 Å². The van der Waals surface area contributed by atoms with Crippen molar-refractivity contribution >= 4 is 12.4 Å². The largest absolute Gasteiger partial charge is 0.396 e. The van der Waals surface area contributed by atoms with Gasteiger partial charge in [-0.1, -0.05) is 12.2 Å². The van der Waals surface area contributed by atoms with Crippen molar-refractivity contribution in [1.82, 2.24) is 0 Å². The van der Waals surface area contributed by atoms with Gasteiger partial charge in [-0.25, -0.2) is 0 Å². The minimum atomic E-state index is 0. The smallest absolute Gasteiger partial charge is 0.0494 e. The van der Waals surface area contributed by atoms with Crippen LogP contribution in [0.3, 0.4) is 0 Å². The van der Waals surface area contributed by atoms with Gasteiger partial charge in [0.15, 0.2) is 0 Å². The Balaban J connectivity index is 0.000000640. The quantitative estimate of drug-likeness (QED) is 0.527. The molecule has 0 saturated carbocycles. The normalized spacial score (nSPS) is 32.2. The van der Waals surface area contributed by atoms with Crippen molar-refractivity contribution in [3.63, 3.8) is 0 Å². The molecule has 0 unspecified atom stereocenters. The van der Waals surface area contributed by atoms with Crippen LogP contribution >= 0.6 is 12.4 Å². The van der Waals surface area contributed by atoms with Crippen molar-refractivity contribution in [3.8, 4) is 0 Å². The van der Waals surface area contributed by atoms with Crippen LogP contribution < -0.4 is 5.73 Å². The van der Waals surface area contributed by atoms with Crippen molar-refractivity contribution < 1.29 is 5.11 Å². The van der Waals surface area contributed by atoms with Gasteiger partial charge in [0.2, 0.25) is 0 Å². The Kier molecular flexibility index (Phi) is 3.86. The first kappa shape index (κ1) is 8.95. The Labute approximate surface area is 61.2 Å². The van der Waals surface area contributed by atoms with Crippen molar-refractivity contribution in [2.75, 3.05) is 6.61 Å². The van der Waals surface area contributed by atoms with Crippen LogP contribution in [0.5, 0.6) is 0 Å². The zero-order valence-corrected chi connectivity index (χ0v) is 5.97. The summed E-state index contributed by atoms with van der Waals surface area (Å²) in [7, 11) is 0. The van der Waals surface area contributed by atoms with E-state index in [1.165, 1.54) is 0 Å². The van der Waals surface area contributed by atoms with Gasteiger partial charge in [0.1, 0.15) is 0 Å². The SMILES string of the molecule is Cl.N[C@@H]1C=C[C@H](CO)C1. The van der Waals surface area contributed by atoms with E-state index < -0.39 is 0 Å². The summed E-state index contributed by atoms with van der Waals surface area (Å²) in [6.45, 7) is 0.240. The fourth-order valence-corrected chi connectivity index (χ4v) is 0.942. The van der Waals surface area contributed by atoms with E-state index in [-0.39, 0.29) is 25.1 Å². The number of nitrogens with two attached hydrogens (primary N) is 1. The molecule has 1 aliphatic rings. The molecular weight excluding hydrogens is 138 g/mol.